The first-order valence-electron chi connectivity index (χ1n) is 10.3. The number of anilines is 2. The zero-order valence-corrected chi connectivity index (χ0v) is 16.8. The van der Waals surface area contributed by atoms with Crippen LogP contribution in [0.1, 0.15) is 24.8 Å². The number of likely N-dealkylation sites (tertiary alicyclic amines) is 1. The number of carbonyl (C=O) groups excluding carboxylic acids is 2. The molecule has 0 aromatic heterocycles. The van der Waals surface area contributed by atoms with E-state index in [1.54, 1.807) is 0 Å². The summed E-state index contributed by atoms with van der Waals surface area (Å²) in [5.74, 6) is 0.553. The first kappa shape index (κ1) is 19.3. The molecular formula is C23H27N3O3. The van der Waals surface area contributed by atoms with E-state index >= 15 is 0 Å². The van der Waals surface area contributed by atoms with E-state index in [0.717, 1.165) is 42.9 Å². The van der Waals surface area contributed by atoms with Crippen molar-refractivity contribution in [3.63, 3.8) is 0 Å². The lowest BCUT2D eigenvalue weighted by molar-refractivity contribution is -0.139. The summed E-state index contributed by atoms with van der Waals surface area (Å²) in [7, 11) is 0. The molecule has 6 nitrogen and oxygen atoms in total. The van der Waals surface area contributed by atoms with Crippen molar-refractivity contribution in [1.82, 2.24) is 4.90 Å². The average Bonchev–Trinajstić information content (AvgIpc) is 2.73. The van der Waals surface area contributed by atoms with E-state index in [1.165, 1.54) is 6.42 Å². The summed E-state index contributed by atoms with van der Waals surface area (Å²) in [6, 6.07) is 15.3. The number of piperidine rings is 1. The molecule has 2 aliphatic rings. The maximum absolute atomic E-state index is 13.0. The molecular weight excluding hydrogens is 366 g/mol. The number of rotatable bonds is 4. The molecule has 4 rings (SSSR count). The van der Waals surface area contributed by atoms with E-state index in [-0.39, 0.29) is 18.4 Å². The summed E-state index contributed by atoms with van der Waals surface area (Å²) in [6.45, 7) is 4.10. The fourth-order valence-electron chi connectivity index (χ4n) is 4.00. The Morgan fingerprint density at radius 3 is 2.66 bits per heavy atom. The molecule has 0 bridgehead atoms. The van der Waals surface area contributed by atoms with Crippen molar-refractivity contribution in [1.29, 1.82) is 0 Å². The lowest BCUT2D eigenvalue weighted by Gasteiger charge is -2.38. The number of para-hydroxylation sites is 2. The standard InChI is InChI=1S/C23H27N3O3/c1-17-8-7-9-18(14-17)24-22(27)16-26-15-21(23(28)25-12-5-2-6-13-25)29-20-11-4-3-10-19(20)26/h3-4,7-11,14,21H,2,5-6,12-13,15-16H2,1H3,(H,24,27)/t21-/m1/s1. The van der Waals surface area contributed by atoms with E-state index in [2.05, 4.69) is 5.32 Å². The van der Waals surface area contributed by atoms with E-state index in [0.29, 0.717) is 12.3 Å². The molecule has 0 aliphatic carbocycles. The zero-order chi connectivity index (χ0) is 20.2. The minimum absolute atomic E-state index is 0.0169. The predicted molar refractivity (Wildman–Crippen MR) is 113 cm³/mol. The van der Waals surface area contributed by atoms with E-state index in [1.807, 2.05) is 65.3 Å². The minimum Gasteiger partial charge on any atom is -0.477 e. The van der Waals surface area contributed by atoms with E-state index < -0.39 is 6.10 Å². The van der Waals surface area contributed by atoms with Crippen LogP contribution in [0.2, 0.25) is 0 Å². The molecule has 1 saturated heterocycles. The summed E-state index contributed by atoms with van der Waals surface area (Å²) in [6.07, 6.45) is 2.66. The van der Waals surface area contributed by atoms with Gasteiger partial charge in [0.1, 0.15) is 5.75 Å². The molecule has 0 saturated carbocycles. The van der Waals surface area contributed by atoms with Gasteiger partial charge in [0.15, 0.2) is 6.10 Å². The molecule has 2 aliphatic heterocycles. The number of nitrogens with one attached hydrogen (secondary N) is 1. The fourth-order valence-corrected chi connectivity index (χ4v) is 4.00. The van der Waals surface area contributed by atoms with Crippen molar-refractivity contribution in [3.8, 4) is 5.75 Å². The van der Waals surface area contributed by atoms with Gasteiger partial charge < -0.3 is 19.9 Å². The minimum atomic E-state index is -0.588. The Bertz CT molecular complexity index is 892. The molecule has 0 radical (unpaired) electrons. The number of benzene rings is 2. The lowest BCUT2D eigenvalue weighted by atomic mass is 10.1. The Hall–Kier alpha value is -3.02. The van der Waals surface area contributed by atoms with Gasteiger partial charge in [-0.1, -0.05) is 24.3 Å². The molecule has 2 heterocycles. The van der Waals surface area contributed by atoms with Crippen LogP contribution in [0, 0.1) is 6.92 Å². The molecule has 0 spiro atoms. The molecule has 1 N–H and O–H groups in total. The van der Waals surface area contributed by atoms with Crippen molar-refractivity contribution in [2.45, 2.75) is 32.3 Å². The normalized spacial score (nSPS) is 18.6. The third-order valence-electron chi connectivity index (χ3n) is 5.44. The number of carbonyl (C=O) groups is 2. The van der Waals surface area contributed by atoms with E-state index in [9.17, 15) is 9.59 Å². The molecule has 6 heteroatoms. The summed E-state index contributed by atoms with van der Waals surface area (Å²) >= 11 is 0. The molecule has 2 amide bonds. The van der Waals surface area contributed by atoms with E-state index in [4.69, 9.17) is 4.74 Å². The molecule has 2 aromatic carbocycles. The number of fused-ring (bicyclic) bond motifs is 1. The van der Waals surface area contributed by atoms with Crippen LogP contribution >= 0.6 is 0 Å². The first-order chi connectivity index (χ1) is 14.1. The maximum atomic E-state index is 13.0. The van der Waals surface area contributed by atoms with Crippen molar-refractivity contribution >= 4 is 23.2 Å². The lowest BCUT2D eigenvalue weighted by Crippen LogP contribution is -2.52. The van der Waals surface area contributed by atoms with Gasteiger partial charge in [-0.3, -0.25) is 9.59 Å². The van der Waals surface area contributed by atoms with Crippen LogP contribution < -0.4 is 15.0 Å². The molecule has 29 heavy (non-hydrogen) atoms. The second-order valence-electron chi connectivity index (χ2n) is 7.76. The number of aryl methyl sites for hydroxylation is 1. The van der Waals surface area contributed by atoms with Gasteiger partial charge in [0, 0.05) is 18.8 Å². The van der Waals surface area contributed by atoms with Gasteiger partial charge in [0.2, 0.25) is 5.91 Å². The third kappa shape index (κ3) is 4.53. The molecule has 0 unspecified atom stereocenters. The summed E-state index contributed by atoms with van der Waals surface area (Å²) < 4.78 is 6.03. The van der Waals surface area contributed by atoms with Gasteiger partial charge in [-0.25, -0.2) is 0 Å². The maximum Gasteiger partial charge on any atom is 0.265 e. The van der Waals surface area contributed by atoms with Gasteiger partial charge in [0.25, 0.3) is 5.91 Å². The number of hydrogen-bond acceptors (Lipinski definition) is 4. The molecule has 1 fully saturated rings. The Labute approximate surface area is 171 Å². The SMILES string of the molecule is Cc1cccc(NC(=O)CN2C[C@H](C(=O)N3CCCCC3)Oc3ccccc32)c1. The summed E-state index contributed by atoms with van der Waals surface area (Å²) in [4.78, 5) is 29.5. The second-order valence-corrected chi connectivity index (χ2v) is 7.76. The van der Waals surface area contributed by atoms with Crippen molar-refractivity contribution < 1.29 is 14.3 Å². The second kappa shape index (κ2) is 8.55. The highest BCUT2D eigenvalue weighted by atomic mass is 16.5. The Morgan fingerprint density at radius 1 is 1.07 bits per heavy atom. The summed E-state index contributed by atoms with van der Waals surface area (Å²) in [5, 5.41) is 2.95. The van der Waals surface area contributed by atoms with Crippen LogP contribution in [-0.2, 0) is 9.59 Å². The number of hydrogen-bond donors (Lipinski definition) is 1. The number of nitrogens with zero attached hydrogens (tertiary/aromatic N) is 2. The van der Waals surface area contributed by atoms with Crippen molar-refractivity contribution in [2.24, 2.45) is 0 Å². The van der Waals surface area contributed by atoms with Crippen LogP contribution in [0.5, 0.6) is 5.75 Å². The monoisotopic (exact) mass is 393 g/mol. The third-order valence-corrected chi connectivity index (χ3v) is 5.44. The van der Waals surface area contributed by atoms with Gasteiger partial charge in [-0.15, -0.1) is 0 Å². The Kier molecular flexibility index (Phi) is 5.69. The highest BCUT2D eigenvalue weighted by molar-refractivity contribution is 5.95. The van der Waals surface area contributed by atoms with Gasteiger partial charge in [0.05, 0.1) is 18.8 Å². The first-order valence-corrected chi connectivity index (χ1v) is 10.3. The number of ether oxygens (including phenoxy) is 1. The smallest absolute Gasteiger partial charge is 0.265 e. The van der Waals surface area contributed by atoms with Crippen LogP contribution in [0.3, 0.4) is 0 Å². The van der Waals surface area contributed by atoms with Crippen molar-refractivity contribution in [3.05, 3.63) is 54.1 Å². The molecule has 1 atom stereocenters. The zero-order valence-electron chi connectivity index (χ0n) is 16.8. The van der Waals surface area contributed by atoms with Gasteiger partial charge in [-0.05, 0) is 56.0 Å². The highest BCUT2D eigenvalue weighted by Gasteiger charge is 2.34. The largest absolute Gasteiger partial charge is 0.477 e. The number of amides is 2. The quantitative estimate of drug-likeness (QED) is 0.867. The van der Waals surface area contributed by atoms with Crippen LogP contribution in [-0.4, -0.2) is 49.0 Å². The molecule has 152 valence electrons. The van der Waals surface area contributed by atoms with Gasteiger partial charge in [-0.2, -0.15) is 0 Å². The predicted octanol–water partition coefficient (Wildman–Crippen LogP) is 3.21. The van der Waals surface area contributed by atoms with Gasteiger partial charge >= 0.3 is 0 Å². The van der Waals surface area contributed by atoms with Crippen LogP contribution in [0.25, 0.3) is 0 Å². The summed E-state index contributed by atoms with van der Waals surface area (Å²) in [5.41, 5.74) is 2.71. The highest BCUT2D eigenvalue weighted by Crippen LogP contribution is 2.33. The topological polar surface area (TPSA) is 61.9 Å². The average molecular weight is 393 g/mol. The Balaban J connectivity index is 1.48. The Morgan fingerprint density at radius 2 is 1.86 bits per heavy atom. The van der Waals surface area contributed by atoms with Crippen LogP contribution in [0.15, 0.2) is 48.5 Å². The fraction of sp³-hybridized carbons (Fsp3) is 0.391. The molecule has 2 aromatic rings. The van der Waals surface area contributed by atoms with Crippen molar-refractivity contribution in [2.75, 3.05) is 36.4 Å². The van der Waals surface area contributed by atoms with Crippen LogP contribution in [0.4, 0.5) is 11.4 Å².